The van der Waals surface area contributed by atoms with Gasteiger partial charge in [0.25, 0.3) is 0 Å². The lowest BCUT2D eigenvalue weighted by Crippen LogP contribution is -2.26. The summed E-state index contributed by atoms with van der Waals surface area (Å²) in [5.74, 6) is -0.740. The van der Waals surface area contributed by atoms with Gasteiger partial charge in [-0.2, -0.15) is 0 Å². The van der Waals surface area contributed by atoms with Crippen molar-refractivity contribution < 1.29 is 9.90 Å². The molecule has 54 valence electrons. The van der Waals surface area contributed by atoms with Crippen LogP contribution in [-0.2, 0) is 4.79 Å². The number of hydrogen-bond donors (Lipinski definition) is 1. The van der Waals surface area contributed by atoms with Crippen LogP contribution in [0.3, 0.4) is 0 Å². The minimum absolute atomic E-state index is 0.127. The normalized spacial score (nSPS) is 13.8. The summed E-state index contributed by atoms with van der Waals surface area (Å²) in [4.78, 5) is 12.0. The summed E-state index contributed by atoms with van der Waals surface area (Å²) in [6.07, 6.45) is 0.215. The highest BCUT2D eigenvalue weighted by Crippen LogP contribution is 1.96. The van der Waals surface area contributed by atoms with Gasteiger partial charge >= 0.3 is 5.97 Å². The molecular formula is C6H13NO2. The zero-order valence-electron chi connectivity index (χ0n) is 6.09. The molecule has 0 bridgehead atoms. The highest BCUT2D eigenvalue weighted by Gasteiger charge is 2.07. The third-order valence-electron chi connectivity index (χ3n) is 1.35. The van der Waals surface area contributed by atoms with Crippen molar-refractivity contribution in [2.24, 2.45) is 0 Å². The molecule has 0 spiro atoms. The van der Waals surface area contributed by atoms with Gasteiger partial charge in [-0.05, 0) is 21.0 Å². The maximum Gasteiger partial charge on any atom is 0.304 e. The van der Waals surface area contributed by atoms with Crippen molar-refractivity contribution in [3.8, 4) is 0 Å². The average Bonchev–Trinajstić information content (AvgIpc) is 1.63. The smallest absolute Gasteiger partial charge is 0.304 e. The van der Waals surface area contributed by atoms with E-state index in [0.29, 0.717) is 0 Å². The minimum atomic E-state index is -0.740. The first-order valence-electron chi connectivity index (χ1n) is 2.92. The first-order chi connectivity index (χ1) is 4.04. The molecule has 3 heteroatoms. The predicted octanol–water partition coefficient (Wildman–Crippen LogP) is 0.411. The van der Waals surface area contributed by atoms with Gasteiger partial charge in [-0.3, -0.25) is 4.79 Å². The average molecular weight is 131 g/mol. The lowest BCUT2D eigenvalue weighted by atomic mass is 10.2. The molecule has 1 atom stereocenters. The Hall–Kier alpha value is -0.570. The van der Waals surface area contributed by atoms with E-state index in [4.69, 9.17) is 5.11 Å². The molecule has 0 aromatic heterocycles. The molecule has 0 rings (SSSR count). The monoisotopic (exact) mass is 131 g/mol. The van der Waals surface area contributed by atoms with Crippen molar-refractivity contribution in [2.45, 2.75) is 19.4 Å². The van der Waals surface area contributed by atoms with E-state index >= 15 is 0 Å². The van der Waals surface area contributed by atoms with Gasteiger partial charge in [0.2, 0.25) is 0 Å². The van der Waals surface area contributed by atoms with E-state index < -0.39 is 5.97 Å². The molecule has 0 aliphatic rings. The van der Waals surface area contributed by atoms with Crippen LogP contribution in [0.5, 0.6) is 0 Å². The molecule has 0 saturated heterocycles. The van der Waals surface area contributed by atoms with Crippen molar-refractivity contribution in [1.29, 1.82) is 0 Å². The maximum atomic E-state index is 10.1. The lowest BCUT2D eigenvalue weighted by Gasteiger charge is -2.16. The second-order valence-corrected chi connectivity index (χ2v) is 2.41. The summed E-state index contributed by atoms with van der Waals surface area (Å²) in [6.45, 7) is 1.88. The van der Waals surface area contributed by atoms with Gasteiger partial charge in [0.1, 0.15) is 0 Å². The highest BCUT2D eigenvalue weighted by atomic mass is 16.4. The van der Waals surface area contributed by atoms with Crippen LogP contribution < -0.4 is 0 Å². The van der Waals surface area contributed by atoms with Crippen molar-refractivity contribution in [1.82, 2.24) is 4.90 Å². The zero-order chi connectivity index (χ0) is 7.44. The summed E-state index contributed by atoms with van der Waals surface area (Å²) >= 11 is 0. The number of carboxylic acids is 1. The zero-order valence-corrected chi connectivity index (χ0v) is 6.09. The Labute approximate surface area is 55.3 Å². The molecule has 1 N–H and O–H groups in total. The fourth-order valence-corrected chi connectivity index (χ4v) is 0.435. The van der Waals surface area contributed by atoms with Gasteiger partial charge in [0, 0.05) is 6.04 Å². The van der Waals surface area contributed by atoms with E-state index in [1.807, 2.05) is 25.9 Å². The molecule has 0 amide bonds. The summed E-state index contributed by atoms with van der Waals surface area (Å²) < 4.78 is 0. The van der Waals surface area contributed by atoms with Gasteiger partial charge in [-0.15, -0.1) is 0 Å². The number of carbonyl (C=O) groups is 1. The van der Waals surface area contributed by atoms with E-state index in [-0.39, 0.29) is 12.5 Å². The molecule has 0 saturated carbocycles. The Kier molecular flexibility index (Phi) is 3.24. The molecule has 0 aliphatic heterocycles. The summed E-state index contributed by atoms with van der Waals surface area (Å²) in [5.41, 5.74) is 0. The number of carboxylic acid groups (broad SMARTS) is 1. The molecule has 9 heavy (non-hydrogen) atoms. The summed E-state index contributed by atoms with van der Waals surface area (Å²) in [6, 6.07) is 0.127. The van der Waals surface area contributed by atoms with Gasteiger partial charge < -0.3 is 10.0 Å². The van der Waals surface area contributed by atoms with Gasteiger partial charge in [0.15, 0.2) is 0 Å². The van der Waals surface area contributed by atoms with Gasteiger partial charge in [-0.1, -0.05) is 0 Å². The molecule has 0 aromatic rings. The van der Waals surface area contributed by atoms with E-state index in [9.17, 15) is 4.79 Å². The topological polar surface area (TPSA) is 40.5 Å². The molecule has 3 nitrogen and oxygen atoms in total. The van der Waals surface area contributed by atoms with E-state index in [2.05, 4.69) is 0 Å². The Morgan fingerprint density at radius 1 is 1.67 bits per heavy atom. The van der Waals surface area contributed by atoms with Crippen LogP contribution in [0.4, 0.5) is 0 Å². The van der Waals surface area contributed by atoms with Crippen LogP contribution in [0.15, 0.2) is 0 Å². The van der Waals surface area contributed by atoms with E-state index in [0.717, 1.165) is 0 Å². The minimum Gasteiger partial charge on any atom is -0.481 e. The number of nitrogens with zero attached hydrogens (tertiary/aromatic N) is 1. The molecule has 0 aromatic carbocycles. The van der Waals surface area contributed by atoms with Crippen molar-refractivity contribution in [3.05, 3.63) is 0 Å². The van der Waals surface area contributed by atoms with Crippen LogP contribution in [0.2, 0.25) is 0 Å². The second-order valence-electron chi connectivity index (χ2n) is 2.41. The number of aliphatic carboxylic acids is 1. The fourth-order valence-electron chi connectivity index (χ4n) is 0.435. The highest BCUT2D eigenvalue weighted by molar-refractivity contribution is 5.67. The Bertz CT molecular complexity index is 101. The number of hydrogen-bond acceptors (Lipinski definition) is 2. The van der Waals surface area contributed by atoms with Crippen molar-refractivity contribution >= 4 is 5.97 Å². The first kappa shape index (κ1) is 8.43. The summed E-state index contributed by atoms with van der Waals surface area (Å²) in [5, 5.41) is 8.31. The summed E-state index contributed by atoms with van der Waals surface area (Å²) in [7, 11) is 3.74. The number of rotatable bonds is 3. The molecule has 1 unspecified atom stereocenters. The molecular weight excluding hydrogens is 118 g/mol. The largest absolute Gasteiger partial charge is 0.481 e. The van der Waals surface area contributed by atoms with Gasteiger partial charge in [0.05, 0.1) is 6.42 Å². The van der Waals surface area contributed by atoms with Crippen LogP contribution in [0.25, 0.3) is 0 Å². The second kappa shape index (κ2) is 3.45. The Morgan fingerprint density at radius 3 is 2.22 bits per heavy atom. The molecule has 0 heterocycles. The molecule has 0 aliphatic carbocycles. The lowest BCUT2D eigenvalue weighted by molar-refractivity contribution is -0.138. The van der Waals surface area contributed by atoms with E-state index in [1.54, 1.807) is 0 Å². The fraction of sp³-hybridized carbons (Fsp3) is 0.833. The Morgan fingerprint density at radius 2 is 2.11 bits per heavy atom. The quantitative estimate of drug-likeness (QED) is 0.603. The van der Waals surface area contributed by atoms with Crippen LogP contribution in [0.1, 0.15) is 13.3 Å². The molecule has 0 radical (unpaired) electrons. The standard InChI is InChI=1S/C6H13NO2/c1-5(7(2)3)4-6(8)9/h5H,4H2,1-3H3,(H,8,9). The van der Waals surface area contributed by atoms with Crippen molar-refractivity contribution in [2.75, 3.05) is 14.1 Å². The van der Waals surface area contributed by atoms with E-state index in [1.165, 1.54) is 0 Å². The molecule has 0 fully saturated rings. The van der Waals surface area contributed by atoms with Crippen molar-refractivity contribution in [3.63, 3.8) is 0 Å². The Balaban J connectivity index is 3.50. The van der Waals surface area contributed by atoms with Crippen LogP contribution in [0, 0.1) is 0 Å². The van der Waals surface area contributed by atoms with Crippen LogP contribution in [-0.4, -0.2) is 36.1 Å². The SMILES string of the molecule is CC(CC(=O)O)N(C)C. The first-order valence-corrected chi connectivity index (χ1v) is 2.92. The maximum absolute atomic E-state index is 10.1. The third kappa shape index (κ3) is 3.97. The predicted molar refractivity (Wildman–Crippen MR) is 35.4 cm³/mol. The van der Waals surface area contributed by atoms with Gasteiger partial charge in [-0.25, -0.2) is 0 Å². The van der Waals surface area contributed by atoms with Crippen LogP contribution >= 0.6 is 0 Å². The third-order valence-corrected chi connectivity index (χ3v) is 1.35.